The molecule has 0 fully saturated rings. The fraction of sp³-hybridized carbons (Fsp3) is 0.217. The molecule has 0 aliphatic heterocycles. The third-order valence-electron chi connectivity index (χ3n) is 4.92. The van der Waals surface area contributed by atoms with Crippen molar-refractivity contribution in [2.45, 2.75) is 17.9 Å². The normalized spacial score (nSPS) is 12.2. The van der Waals surface area contributed by atoms with Gasteiger partial charge in [-0.3, -0.25) is 4.31 Å². The van der Waals surface area contributed by atoms with E-state index in [0.29, 0.717) is 28.0 Å². The monoisotopic (exact) mass is 461 g/mol. The van der Waals surface area contributed by atoms with E-state index < -0.39 is 16.1 Å². The number of rotatable bonds is 8. The maximum atomic E-state index is 13.8. The molecular weight excluding hydrogens is 438 g/mol. The molecule has 0 heterocycles. The molecular formula is C23H24ClNO5S. The summed E-state index contributed by atoms with van der Waals surface area (Å²) in [6, 6.07) is 17.9. The van der Waals surface area contributed by atoms with Crippen LogP contribution in [0, 0.1) is 0 Å². The van der Waals surface area contributed by atoms with Crippen molar-refractivity contribution in [3.05, 3.63) is 77.3 Å². The number of nitrogens with zero attached hydrogens (tertiary/aromatic N) is 1. The summed E-state index contributed by atoms with van der Waals surface area (Å²) in [5, 5.41) is 0.573. The first-order chi connectivity index (χ1) is 14.8. The summed E-state index contributed by atoms with van der Waals surface area (Å²) in [7, 11) is 0.561. The number of hydrogen-bond acceptors (Lipinski definition) is 5. The van der Waals surface area contributed by atoms with E-state index in [1.165, 1.54) is 31.7 Å². The second-order valence-electron chi connectivity index (χ2n) is 6.75. The Kier molecular flexibility index (Phi) is 6.97. The molecule has 1 unspecified atom stereocenters. The Hall–Kier alpha value is -2.90. The van der Waals surface area contributed by atoms with Crippen LogP contribution >= 0.6 is 11.6 Å². The van der Waals surface area contributed by atoms with Gasteiger partial charge in [-0.25, -0.2) is 8.42 Å². The van der Waals surface area contributed by atoms with Crippen LogP contribution in [0.1, 0.15) is 18.5 Å². The van der Waals surface area contributed by atoms with E-state index in [1.807, 2.05) is 19.1 Å². The molecule has 3 rings (SSSR count). The lowest BCUT2D eigenvalue weighted by molar-refractivity contribution is 0.355. The van der Waals surface area contributed by atoms with Gasteiger partial charge < -0.3 is 14.2 Å². The SMILES string of the molecule is COc1cccc(S(=O)(=O)N(c2ccc(OC)c(OC)c2)C(C)c2ccc(Cl)cc2)c1. The van der Waals surface area contributed by atoms with Crippen molar-refractivity contribution < 1.29 is 22.6 Å². The Morgan fingerprint density at radius 3 is 2.13 bits per heavy atom. The maximum Gasteiger partial charge on any atom is 0.265 e. The molecule has 0 aromatic heterocycles. The first-order valence-corrected chi connectivity index (χ1v) is 11.3. The Morgan fingerprint density at radius 2 is 1.52 bits per heavy atom. The lowest BCUT2D eigenvalue weighted by Gasteiger charge is -2.31. The molecule has 0 radical (unpaired) electrons. The van der Waals surface area contributed by atoms with Crippen LogP contribution in [-0.4, -0.2) is 29.7 Å². The second-order valence-corrected chi connectivity index (χ2v) is 9.00. The van der Waals surface area contributed by atoms with Gasteiger partial charge in [0.1, 0.15) is 5.75 Å². The van der Waals surface area contributed by atoms with Crippen LogP contribution in [0.3, 0.4) is 0 Å². The van der Waals surface area contributed by atoms with Crippen LogP contribution in [0.5, 0.6) is 17.2 Å². The highest BCUT2D eigenvalue weighted by Gasteiger charge is 2.31. The standard InChI is InChI=1S/C23H24ClNO5S/c1-16(17-8-10-18(24)11-9-17)25(19-12-13-22(29-3)23(14-19)30-4)31(26,27)21-7-5-6-20(15-21)28-2/h5-16H,1-4H3. The van der Waals surface area contributed by atoms with Crippen LogP contribution in [-0.2, 0) is 10.0 Å². The van der Waals surface area contributed by atoms with Crippen LogP contribution in [0.2, 0.25) is 5.02 Å². The zero-order chi connectivity index (χ0) is 22.6. The number of methoxy groups -OCH3 is 3. The predicted molar refractivity (Wildman–Crippen MR) is 122 cm³/mol. The van der Waals surface area contributed by atoms with Gasteiger partial charge in [0.05, 0.1) is 38.0 Å². The van der Waals surface area contributed by atoms with Gasteiger partial charge in [0, 0.05) is 17.2 Å². The molecule has 0 amide bonds. The molecule has 6 nitrogen and oxygen atoms in total. The third-order valence-corrected chi connectivity index (χ3v) is 7.07. The van der Waals surface area contributed by atoms with Gasteiger partial charge in [-0.15, -0.1) is 0 Å². The minimum absolute atomic E-state index is 0.113. The number of hydrogen-bond donors (Lipinski definition) is 0. The van der Waals surface area contributed by atoms with Crippen molar-refractivity contribution in [1.82, 2.24) is 0 Å². The number of halogens is 1. The van der Waals surface area contributed by atoms with Gasteiger partial charge in [0.15, 0.2) is 11.5 Å². The molecule has 8 heteroatoms. The third kappa shape index (κ3) is 4.73. The Bertz CT molecular complexity index is 1150. The van der Waals surface area contributed by atoms with Crippen molar-refractivity contribution in [2.24, 2.45) is 0 Å². The number of benzene rings is 3. The molecule has 0 aliphatic carbocycles. The van der Waals surface area contributed by atoms with Crippen molar-refractivity contribution in [3.63, 3.8) is 0 Å². The zero-order valence-corrected chi connectivity index (χ0v) is 19.3. The molecule has 0 bridgehead atoms. The Balaban J connectivity index is 2.19. The summed E-state index contributed by atoms with van der Waals surface area (Å²) in [4.78, 5) is 0.113. The van der Waals surface area contributed by atoms with Gasteiger partial charge in [-0.1, -0.05) is 29.8 Å². The summed E-state index contributed by atoms with van der Waals surface area (Å²) in [6.07, 6.45) is 0. The first kappa shape index (κ1) is 22.8. The number of ether oxygens (including phenoxy) is 3. The van der Waals surface area contributed by atoms with E-state index in [2.05, 4.69) is 0 Å². The van der Waals surface area contributed by atoms with E-state index in [-0.39, 0.29) is 4.90 Å². The van der Waals surface area contributed by atoms with Gasteiger partial charge in [0.25, 0.3) is 10.0 Å². The molecule has 3 aromatic carbocycles. The summed E-state index contributed by atoms with van der Waals surface area (Å²) in [5.74, 6) is 1.38. The number of sulfonamides is 1. The van der Waals surface area contributed by atoms with Gasteiger partial charge in [-0.2, -0.15) is 0 Å². The maximum absolute atomic E-state index is 13.8. The molecule has 164 valence electrons. The van der Waals surface area contributed by atoms with Gasteiger partial charge >= 0.3 is 0 Å². The Labute approximate surface area is 188 Å². The molecule has 1 atom stereocenters. The lowest BCUT2D eigenvalue weighted by Crippen LogP contribution is -2.33. The minimum atomic E-state index is -3.96. The van der Waals surface area contributed by atoms with Crippen molar-refractivity contribution >= 4 is 27.3 Å². The molecule has 0 spiro atoms. The van der Waals surface area contributed by atoms with Gasteiger partial charge in [-0.05, 0) is 48.9 Å². The van der Waals surface area contributed by atoms with Crippen molar-refractivity contribution in [2.75, 3.05) is 25.6 Å². The molecule has 31 heavy (non-hydrogen) atoms. The minimum Gasteiger partial charge on any atom is -0.497 e. The van der Waals surface area contributed by atoms with Crippen LogP contribution in [0.25, 0.3) is 0 Å². The topological polar surface area (TPSA) is 65.1 Å². The number of anilines is 1. The molecule has 3 aromatic rings. The van der Waals surface area contributed by atoms with Crippen LogP contribution in [0.15, 0.2) is 71.6 Å². The highest BCUT2D eigenvalue weighted by atomic mass is 35.5. The second kappa shape index (κ2) is 9.49. The van der Waals surface area contributed by atoms with E-state index in [4.69, 9.17) is 25.8 Å². The zero-order valence-electron chi connectivity index (χ0n) is 17.7. The van der Waals surface area contributed by atoms with E-state index in [1.54, 1.807) is 48.5 Å². The average Bonchev–Trinajstić information content (AvgIpc) is 2.79. The van der Waals surface area contributed by atoms with Crippen LogP contribution < -0.4 is 18.5 Å². The van der Waals surface area contributed by atoms with Crippen molar-refractivity contribution in [1.29, 1.82) is 0 Å². The largest absolute Gasteiger partial charge is 0.497 e. The summed E-state index contributed by atoms with van der Waals surface area (Å²) in [5.41, 5.74) is 1.22. The summed E-state index contributed by atoms with van der Waals surface area (Å²) in [6.45, 7) is 1.82. The highest BCUT2D eigenvalue weighted by molar-refractivity contribution is 7.92. The quantitative estimate of drug-likeness (QED) is 0.454. The van der Waals surface area contributed by atoms with E-state index >= 15 is 0 Å². The van der Waals surface area contributed by atoms with E-state index in [0.717, 1.165) is 5.56 Å². The summed E-state index contributed by atoms with van der Waals surface area (Å²) < 4.78 is 44.9. The fourth-order valence-electron chi connectivity index (χ4n) is 3.28. The van der Waals surface area contributed by atoms with E-state index in [9.17, 15) is 8.42 Å². The molecule has 0 saturated carbocycles. The van der Waals surface area contributed by atoms with Crippen LogP contribution in [0.4, 0.5) is 5.69 Å². The Morgan fingerprint density at radius 1 is 0.839 bits per heavy atom. The smallest absolute Gasteiger partial charge is 0.265 e. The lowest BCUT2D eigenvalue weighted by atomic mass is 10.1. The molecule has 0 N–H and O–H groups in total. The molecule has 0 saturated heterocycles. The molecule has 0 aliphatic rings. The van der Waals surface area contributed by atoms with Gasteiger partial charge in [0.2, 0.25) is 0 Å². The predicted octanol–water partition coefficient (Wildman–Crippen LogP) is 5.32. The van der Waals surface area contributed by atoms with Crippen molar-refractivity contribution in [3.8, 4) is 17.2 Å². The highest BCUT2D eigenvalue weighted by Crippen LogP contribution is 2.38. The summed E-state index contributed by atoms with van der Waals surface area (Å²) >= 11 is 6.03. The average molecular weight is 462 g/mol. The fourth-order valence-corrected chi connectivity index (χ4v) is 5.08. The first-order valence-electron chi connectivity index (χ1n) is 9.47.